The van der Waals surface area contributed by atoms with Gasteiger partial charge >= 0.3 is 0 Å². The van der Waals surface area contributed by atoms with Crippen LogP contribution in [0.25, 0.3) is 0 Å². The molecule has 0 amide bonds. The molecule has 1 aromatic rings. The predicted molar refractivity (Wildman–Crippen MR) is 82.3 cm³/mol. The van der Waals surface area contributed by atoms with Crippen LogP contribution in [0, 0.1) is 0 Å². The number of hydrogen-bond acceptors (Lipinski definition) is 7. The number of nitrogens with one attached hydrogen (secondary N) is 2. The van der Waals surface area contributed by atoms with Gasteiger partial charge in [0.1, 0.15) is 0 Å². The monoisotopic (exact) mass is 282 g/mol. The van der Waals surface area contributed by atoms with Crippen LogP contribution < -0.4 is 15.5 Å². The molecule has 1 aromatic heterocycles. The number of aromatic nitrogens is 3. The summed E-state index contributed by atoms with van der Waals surface area (Å²) in [6, 6.07) is 0. The Morgan fingerprint density at radius 2 is 1.70 bits per heavy atom. The lowest BCUT2D eigenvalue weighted by atomic mass is 10.2. The van der Waals surface area contributed by atoms with Crippen molar-refractivity contribution in [1.29, 1.82) is 0 Å². The Labute approximate surface area is 120 Å². The quantitative estimate of drug-likeness (QED) is 0.630. The van der Waals surface area contributed by atoms with E-state index in [4.69, 9.17) is 0 Å². The van der Waals surface area contributed by atoms with Gasteiger partial charge in [0.25, 0.3) is 0 Å². The Bertz CT molecular complexity index is 398. The lowest BCUT2D eigenvalue weighted by molar-refractivity contribution is 0.176. The van der Waals surface area contributed by atoms with Crippen molar-refractivity contribution in [3.8, 4) is 0 Å². The first kappa shape index (κ1) is 16.4. The summed E-state index contributed by atoms with van der Waals surface area (Å²) in [4.78, 5) is 14.8. The van der Waals surface area contributed by atoms with Gasteiger partial charge in [0.05, 0.1) is 6.10 Å². The summed E-state index contributed by atoms with van der Waals surface area (Å²) in [6.07, 6.45) is 2.33. The summed E-state index contributed by atoms with van der Waals surface area (Å²) in [7, 11) is 3.77. The third-order valence-electron chi connectivity index (χ3n) is 2.67. The molecule has 0 aliphatic rings. The fraction of sp³-hybridized carbons (Fsp3) is 0.769. The minimum atomic E-state index is -0.383. The molecule has 7 nitrogen and oxygen atoms in total. The zero-order valence-electron chi connectivity index (χ0n) is 12.8. The summed E-state index contributed by atoms with van der Waals surface area (Å²) in [6.45, 7) is 5.39. The third kappa shape index (κ3) is 5.56. The molecule has 0 saturated carbocycles. The van der Waals surface area contributed by atoms with Gasteiger partial charge in [-0.25, -0.2) is 0 Å². The molecule has 0 spiro atoms. The first-order valence-electron chi connectivity index (χ1n) is 7.16. The topological polar surface area (TPSA) is 86.2 Å². The second-order valence-electron chi connectivity index (χ2n) is 4.93. The highest BCUT2D eigenvalue weighted by molar-refractivity contribution is 5.42. The number of hydrogen-bond donors (Lipinski definition) is 3. The highest BCUT2D eigenvalue weighted by Crippen LogP contribution is 2.11. The van der Waals surface area contributed by atoms with Crippen molar-refractivity contribution >= 4 is 17.8 Å². The van der Waals surface area contributed by atoms with Crippen LogP contribution in [0.3, 0.4) is 0 Å². The van der Waals surface area contributed by atoms with Crippen molar-refractivity contribution in [1.82, 2.24) is 15.0 Å². The second-order valence-corrected chi connectivity index (χ2v) is 4.93. The summed E-state index contributed by atoms with van der Waals surface area (Å²) >= 11 is 0. The maximum atomic E-state index is 9.74. The second kappa shape index (κ2) is 8.52. The van der Waals surface area contributed by atoms with Gasteiger partial charge in [-0.05, 0) is 12.8 Å². The Morgan fingerprint density at radius 1 is 1.05 bits per heavy atom. The molecule has 3 N–H and O–H groups in total. The molecule has 0 aliphatic carbocycles. The Balaban J connectivity index is 2.74. The molecule has 1 heterocycles. The minimum absolute atomic E-state index is 0.383. The van der Waals surface area contributed by atoms with E-state index in [1.807, 2.05) is 25.9 Å². The molecular weight excluding hydrogens is 256 g/mol. The molecule has 114 valence electrons. The number of aliphatic hydroxyl groups excluding tert-OH is 1. The molecule has 0 bridgehead atoms. The van der Waals surface area contributed by atoms with Crippen molar-refractivity contribution in [3.63, 3.8) is 0 Å². The lowest BCUT2D eigenvalue weighted by Gasteiger charge is -2.15. The van der Waals surface area contributed by atoms with Crippen LogP contribution in [-0.4, -0.2) is 53.3 Å². The van der Waals surface area contributed by atoms with E-state index in [0.717, 1.165) is 25.8 Å². The number of aliphatic hydroxyl groups is 1. The predicted octanol–water partition coefficient (Wildman–Crippen LogP) is 1.33. The number of nitrogens with zero attached hydrogens (tertiary/aromatic N) is 4. The summed E-state index contributed by atoms with van der Waals surface area (Å²) in [5, 5.41) is 16.0. The molecule has 1 rings (SSSR count). The average Bonchev–Trinajstić information content (AvgIpc) is 2.43. The Morgan fingerprint density at radius 3 is 2.25 bits per heavy atom. The van der Waals surface area contributed by atoms with Gasteiger partial charge in [0.15, 0.2) is 0 Å². The number of anilines is 3. The van der Waals surface area contributed by atoms with Crippen molar-refractivity contribution in [2.75, 3.05) is 42.7 Å². The number of rotatable bonds is 9. The molecule has 0 aromatic carbocycles. The first-order valence-corrected chi connectivity index (χ1v) is 7.16. The minimum Gasteiger partial charge on any atom is -0.391 e. The smallest absolute Gasteiger partial charge is 0.231 e. The van der Waals surface area contributed by atoms with E-state index in [-0.39, 0.29) is 6.10 Å². The molecule has 0 fully saturated rings. The standard InChI is InChI=1S/C13H26N6O/c1-5-7-10(20)9-15-12-16-11(14-8-6-2)17-13(18-12)19(3)4/h10,20H,5-9H2,1-4H3,(H2,14,15,16,17,18). The third-order valence-corrected chi connectivity index (χ3v) is 2.67. The van der Waals surface area contributed by atoms with Gasteiger partial charge in [0, 0.05) is 27.2 Å². The normalized spacial score (nSPS) is 12.1. The van der Waals surface area contributed by atoms with Crippen LogP contribution >= 0.6 is 0 Å². The zero-order valence-corrected chi connectivity index (χ0v) is 12.8. The van der Waals surface area contributed by atoms with Crippen molar-refractivity contribution in [2.45, 2.75) is 39.2 Å². The van der Waals surface area contributed by atoms with Crippen LogP contribution in [-0.2, 0) is 0 Å². The van der Waals surface area contributed by atoms with E-state index in [2.05, 4.69) is 32.5 Å². The summed E-state index contributed by atoms with van der Waals surface area (Å²) in [5.41, 5.74) is 0. The molecule has 0 radical (unpaired) electrons. The highest BCUT2D eigenvalue weighted by atomic mass is 16.3. The molecule has 1 unspecified atom stereocenters. The van der Waals surface area contributed by atoms with Gasteiger partial charge in [-0.2, -0.15) is 15.0 Å². The molecule has 20 heavy (non-hydrogen) atoms. The molecule has 7 heteroatoms. The highest BCUT2D eigenvalue weighted by Gasteiger charge is 2.09. The van der Waals surface area contributed by atoms with Gasteiger partial charge < -0.3 is 20.6 Å². The van der Waals surface area contributed by atoms with Crippen molar-refractivity contribution in [3.05, 3.63) is 0 Å². The van der Waals surface area contributed by atoms with Crippen LogP contribution in [0.4, 0.5) is 17.8 Å². The Kier molecular flexibility index (Phi) is 7.00. The van der Waals surface area contributed by atoms with Crippen LogP contribution in [0.5, 0.6) is 0 Å². The van der Waals surface area contributed by atoms with Crippen LogP contribution in [0.1, 0.15) is 33.1 Å². The molecule has 0 saturated heterocycles. The van der Waals surface area contributed by atoms with E-state index in [1.54, 1.807) is 0 Å². The van der Waals surface area contributed by atoms with E-state index in [9.17, 15) is 5.11 Å². The van der Waals surface area contributed by atoms with Gasteiger partial charge in [-0.3, -0.25) is 0 Å². The SMILES string of the molecule is CCCNc1nc(NCC(O)CCC)nc(N(C)C)n1. The van der Waals surface area contributed by atoms with Crippen LogP contribution in [0.15, 0.2) is 0 Å². The fourth-order valence-electron chi connectivity index (χ4n) is 1.60. The van der Waals surface area contributed by atoms with Crippen molar-refractivity contribution in [2.24, 2.45) is 0 Å². The maximum Gasteiger partial charge on any atom is 0.231 e. The molecular formula is C13H26N6O. The molecule has 1 atom stereocenters. The van der Waals surface area contributed by atoms with Gasteiger partial charge in [0.2, 0.25) is 17.8 Å². The van der Waals surface area contributed by atoms with E-state index < -0.39 is 0 Å². The average molecular weight is 282 g/mol. The van der Waals surface area contributed by atoms with E-state index >= 15 is 0 Å². The molecule has 0 aliphatic heterocycles. The fourth-order valence-corrected chi connectivity index (χ4v) is 1.60. The Hall–Kier alpha value is -1.63. The largest absolute Gasteiger partial charge is 0.391 e. The first-order chi connectivity index (χ1) is 9.56. The van der Waals surface area contributed by atoms with Crippen molar-refractivity contribution < 1.29 is 5.11 Å². The zero-order chi connectivity index (χ0) is 15.0. The summed E-state index contributed by atoms with van der Waals surface area (Å²) < 4.78 is 0. The van der Waals surface area contributed by atoms with Crippen LogP contribution in [0.2, 0.25) is 0 Å². The van der Waals surface area contributed by atoms with E-state index in [0.29, 0.717) is 24.4 Å². The summed E-state index contributed by atoms with van der Waals surface area (Å²) in [5.74, 6) is 1.63. The van der Waals surface area contributed by atoms with Gasteiger partial charge in [-0.15, -0.1) is 0 Å². The maximum absolute atomic E-state index is 9.74. The lowest BCUT2D eigenvalue weighted by Crippen LogP contribution is -2.22. The van der Waals surface area contributed by atoms with Gasteiger partial charge in [-0.1, -0.05) is 20.3 Å². The van der Waals surface area contributed by atoms with E-state index in [1.165, 1.54) is 0 Å².